The molecule has 0 unspecified atom stereocenters. The molecule has 0 aliphatic heterocycles. The van der Waals surface area contributed by atoms with Gasteiger partial charge in [0.1, 0.15) is 4.21 Å². The average molecular weight is 343 g/mol. The number of rotatable bonds is 6. The van der Waals surface area contributed by atoms with Gasteiger partial charge in [-0.05, 0) is 11.4 Å². The molecule has 0 radical (unpaired) electrons. The van der Waals surface area contributed by atoms with E-state index in [-0.39, 0.29) is 27.0 Å². The standard InChI is InChI=1S/C13H13NO6S2/c1-19-10-6-8(13(15)16)9(7-11(10)20-2)14-22(17,18)12-4-3-5-21-12/h3-7,14H,1-2H3,(H,15,16). The van der Waals surface area contributed by atoms with Crippen LogP contribution in [0.1, 0.15) is 10.4 Å². The Morgan fingerprint density at radius 1 is 1.23 bits per heavy atom. The fourth-order valence-electron chi connectivity index (χ4n) is 1.75. The third kappa shape index (κ3) is 3.15. The predicted octanol–water partition coefficient (Wildman–Crippen LogP) is 2.26. The summed E-state index contributed by atoms with van der Waals surface area (Å²) in [5.41, 5.74) is -0.337. The minimum atomic E-state index is -3.86. The molecule has 7 nitrogen and oxygen atoms in total. The van der Waals surface area contributed by atoms with Gasteiger partial charge >= 0.3 is 5.97 Å². The molecule has 22 heavy (non-hydrogen) atoms. The first-order valence-electron chi connectivity index (χ1n) is 5.94. The Balaban J connectivity index is 2.52. The van der Waals surface area contributed by atoms with Gasteiger partial charge in [-0.3, -0.25) is 4.72 Å². The Bertz CT molecular complexity index is 783. The summed E-state index contributed by atoms with van der Waals surface area (Å²) in [4.78, 5) is 11.3. The lowest BCUT2D eigenvalue weighted by atomic mass is 10.1. The quantitative estimate of drug-likeness (QED) is 0.834. The van der Waals surface area contributed by atoms with Gasteiger partial charge < -0.3 is 14.6 Å². The second-order valence-electron chi connectivity index (χ2n) is 4.10. The highest BCUT2D eigenvalue weighted by molar-refractivity contribution is 7.94. The highest BCUT2D eigenvalue weighted by Crippen LogP contribution is 2.34. The van der Waals surface area contributed by atoms with Crippen molar-refractivity contribution in [2.24, 2.45) is 0 Å². The molecule has 2 aromatic rings. The van der Waals surface area contributed by atoms with Crippen molar-refractivity contribution in [1.29, 1.82) is 0 Å². The monoisotopic (exact) mass is 343 g/mol. The number of thiophene rings is 1. The van der Waals surface area contributed by atoms with E-state index in [0.29, 0.717) is 0 Å². The molecule has 0 aliphatic rings. The second kappa shape index (κ2) is 6.24. The number of anilines is 1. The van der Waals surface area contributed by atoms with Gasteiger partial charge in [-0.2, -0.15) is 0 Å². The van der Waals surface area contributed by atoms with E-state index in [4.69, 9.17) is 9.47 Å². The molecule has 0 saturated carbocycles. The predicted molar refractivity (Wildman–Crippen MR) is 81.6 cm³/mol. The van der Waals surface area contributed by atoms with Gasteiger partial charge in [-0.25, -0.2) is 13.2 Å². The lowest BCUT2D eigenvalue weighted by molar-refractivity contribution is 0.0697. The normalized spacial score (nSPS) is 11.0. The first-order valence-corrected chi connectivity index (χ1v) is 8.31. The van der Waals surface area contributed by atoms with Crippen LogP contribution in [0.15, 0.2) is 33.9 Å². The Kier molecular flexibility index (Phi) is 4.57. The minimum Gasteiger partial charge on any atom is -0.493 e. The summed E-state index contributed by atoms with van der Waals surface area (Å²) in [6.07, 6.45) is 0. The molecular formula is C13H13NO6S2. The number of sulfonamides is 1. The topological polar surface area (TPSA) is 102 Å². The van der Waals surface area contributed by atoms with Gasteiger partial charge in [0.15, 0.2) is 11.5 Å². The van der Waals surface area contributed by atoms with Crippen LogP contribution in [0.2, 0.25) is 0 Å². The Morgan fingerprint density at radius 2 is 1.86 bits per heavy atom. The number of benzene rings is 1. The molecule has 0 spiro atoms. The summed E-state index contributed by atoms with van der Waals surface area (Å²) in [7, 11) is -1.13. The number of ether oxygens (including phenoxy) is 2. The molecule has 118 valence electrons. The maximum atomic E-state index is 12.2. The summed E-state index contributed by atoms with van der Waals surface area (Å²) in [6, 6.07) is 5.49. The molecule has 0 bridgehead atoms. The van der Waals surface area contributed by atoms with Crippen LogP contribution in [-0.4, -0.2) is 33.7 Å². The van der Waals surface area contributed by atoms with Crippen LogP contribution in [0.3, 0.4) is 0 Å². The smallest absolute Gasteiger partial charge is 0.337 e. The van der Waals surface area contributed by atoms with Crippen LogP contribution >= 0.6 is 11.3 Å². The van der Waals surface area contributed by atoms with E-state index in [0.717, 1.165) is 11.3 Å². The maximum absolute atomic E-state index is 12.2. The van der Waals surface area contributed by atoms with Crippen LogP contribution in [-0.2, 0) is 10.0 Å². The van der Waals surface area contributed by atoms with Gasteiger partial charge in [0.25, 0.3) is 10.0 Å². The lowest BCUT2D eigenvalue weighted by Gasteiger charge is -2.14. The van der Waals surface area contributed by atoms with Crippen molar-refractivity contribution in [3.05, 3.63) is 35.2 Å². The summed E-state index contributed by atoms with van der Waals surface area (Å²) in [6.45, 7) is 0. The number of aromatic carboxylic acids is 1. The van der Waals surface area contributed by atoms with Crippen LogP contribution in [0.4, 0.5) is 5.69 Å². The molecule has 0 aliphatic carbocycles. The third-order valence-electron chi connectivity index (χ3n) is 2.76. The van der Waals surface area contributed by atoms with Gasteiger partial charge in [-0.15, -0.1) is 11.3 Å². The molecule has 0 saturated heterocycles. The van der Waals surface area contributed by atoms with E-state index >= 15 is 0 Å². The average Bonchev–Trinajstić information content (AvgIpc) is 3.01. The van der Waals surface area contributed by atoms with Gasteiger partial charge in [0, 0.05) is 12.1 Å². The van der Waals surface area contributed by atoms with E-state index in [2.05, 4.69) is 4.72 Å². The molecule has 0 atom stereocenters. The lowest BCUT2D eigenvalue weighted by Crippen LogP contribution is -2.15. The molecule has 1 aromatic heterocycles. The fraction of sp³-hybridized carbons (Fsp3) is 0.154. The van der Waals surface area contributed by atoms with Crippen LogP contribution in [0.5, 0.6) is 11.5 Å². The zero-order valence-corrected chi connectivity index (χ0v) is 13.3. The van der Waals surface area contributed by atoms with E-state index in [1.807, 2.05) is 0 Å². The third-order valence-corrected chi connectivity index (χ3v) is 5.52. The second-order valence-corrected chi connectivity index (χ2v) is 6.95. The van der Waals surface area contributed by atoms with Gasteiger partial charge in [0.05, 0.1) is 25.5 Å². The largest absolute Gasteiger partial charge is 0.493 e. The molecule has 2 N–H and O–H groups in total. The van der Waals surface area contributed by atoms with Crippen molar-refractivity contribution in [2.45, 2.75) is 4.21 Å². The number of hydrogen-bond acceptors (Lipinski definition) is 6. The van der Waals surface area contributed by atoms with Crippen LogP contribution in [0, 0.1) is 0 Å². The molecule has 0 amide bonds. The van der Waals surface area contributed by atoms with E-state index in [1.165, 1.54) is 32.4 Å². The molecule has 9 heteroatoms. The van der Waals surface area contributed by atoms with E-state index in [9.17, 15) is 18.3 Å². The van der Waals surface area contributed by atoms with E-state index < -0.39 is 16.0 Å². The van der Waals surface area contributed by atoms with E-state index in [1.54, 1.807) is 11.4 Å². The highest BCUT2D eigenvalue weighted by Gasteiger charge is 2.22. The number of carbonyl (C=O) groups is 1. The number of hydrogen-bond donors (Lipinski definition) is 2. The Labute approximate surface area is 131 Å². The maximum Gasteiger partial charge on any atom is 0.337 e. The Hall–Kier alpha value is -2.26. The molecule has 1 heterocycles. The highest BCUT2D eigenvalue weighted by atomic mass is 32.2. The Morgan fingerprint density at radius 3 is 2.36 bits per heavy atom. The van der Waals surface area contributed by atoms with Crippen molar-refractivity contribution < 1.29 is 27.8 Å². The van der Waals surface area contributed by atoms with Crippen molar-refractivity contribution >= 4 is 33.0 Å². The first kappa shape index (κ1) is 16.1. The zero-order valence-electron chi connectivity index (χ0n) is 11.7. The summed E-state index contributed by atoms with van der Waals surface area (Å²) in [5.74, 6) is -0.875. The van der Waals surface area contributed by atoms with Crippen LogP contribution in [0.25, 0.3) is 0 Å². The van der Waals surface area contributed by atoms with Crippen molar-refractivity contribution in [3.8, 4) is 11.5 Å². The summed E-state index contributed by atoms with van der Waals surface area (Å²) < 4.78 is 36.9. The van der Waals surface area contributed by atoms with Gasteiger partial charge in [-0.1, -0.05) is 6.07 Å². The van der Waals surface area contributed by atoms with Gasteiger partial charge in [0.2, 0.25) is 0 Å². The number of nitrogens with one attached hydrogen (secondary N) is 1. The van der Waals surface area contributed by atoms with Crippen molar-refractivity contribution in [2.75, 3.05) is 18.9 Å². The molecule has 2 rings (SSSR count). The first-order chi connectivity index (χ1) is 10.4. The molecule has 1 aromatic carbocycles. The SMILES string of the molecule is COc1cc(NS(=O)(=O)c2cccs2)c(C(=O)O)cc1OC. The zero-order chi connectivity index (χ0) is 16.3. The minimum absolute atomic E-state index is 0.0821. The summed E-state index contributed by atoms with van der Waals surface area (Å²) in [5, 5.41) is 10.9. The summed E-state index contributed by atoms with van der Waals surface area (Å²) >= 11 is 1.03. The van der Waals surface area contributed by atoms with Crippen LogP contribution < -0.4 is 14.2 Å². The number of carboxylic acid groups (broad SMARTS) is 1. The molecule has 0 fully saturated rings. The fourth-order valence-corrected chi connectivity index (χ4v) is 3.82. The van der Waals surface area contributed by atoms with Crippen molar-refractivity contribution in [3.63, 3.8) is 0 Å². The number of methoxy groups -OCH3 is 2. The number of carboxylic acids is 1. The van der Waals surface area contributed by atoms with Crippen molar-refractivity contribution in [1.82, 2.24) is 0 Å². The molecular weight excluding hydrogens is 330 g/mol.